The number of hydrogen-bond donors (Lipinski definition) is 1. The molecule has 1 heterocycles. The van der Waals surface area contributed by atoms with Gasteiger partial charge in [0.2, 0.25) is 0 Å². The van der Waals surface area contributed by atoms with E-state index in [4.69, 9.17) is 17.0 Å². The second-order valence-corrected chi connectivity index (χ2v) is 2.82. The molecule has 0 amide bonds. The second-order valence-electron chi connectivity index (χ2n) is 2.43. The van der Waals surface area contributed by atoms with Crippen molar-refractivity contribution in [1.82, 2.24) is 14.8 Å². The molecule has 1 aromatic rings. The van der Waals surface area contributed by atoms with Crippen LogP contribution in [0, 0.1) is 4.77 Å². The smallest absolute Gasteiger partial charge is 0.195 e. The molecule has 1 rings (SSSR count). The highest BCUT2D eigenvalue weighted by molar-refractivity contribution is 7.71. The van der Waals surface area contributed by atoms with E-state index in [0.29, 0.717) is 11.4 Å². The summed E-state index contributed by atoms with van der Waals surface area (Å²) < 4.78 is 7.60. The summed E-state index contributed by atoms with van der Waals surface area (Å²) in [6.07, 6.45) is 0.803. The van der Waals surface area contributed by atoms with Gasteiger partial charge >= 0.3 is 0 Å². The van der Waals surface area contributed by atoms with Crippen LogP contribution in [0.15, 0.2) is 0 Å². The molecule has 0 aliphatic heterocycles. The topological polar surface area (TPSA) is 42.8 Å². The molecule has 68 valence electrons. The van der Waals surface area contributed by atoms with E-state index >= 15 is 0 Å². The summed E-state index contributed by atoms with van der Waals surface area (Å²) in [5.74, 6) is 0.962. The molecule has 0 aromatic carbocycles. The van der Waals surface area contributed by atoms with Crippen molar-refractivity contribution in [1.29, 1.82) is 0 Å². The molecule has 0 bridgehead atoms. The van der Waals surface area contributed by atoms with Crippen LogP contribution in [-0.4, -0.2) is 28.5 Å². The normalized spacial score (nSPS) is 10.5. The lowest BCUT2D eigenvalue weighted by molar-refractivity contribution is 0.199. The molecule has 1 N–H and O–H groups in total. The Morgan fingerprint density at radius 3 is 3.00 bits per heavy atom. The van der Waals surface area contributed by atoms with E-state index < -0.39 is 0 Å². The molecule has 0 unspecified atom stereocenters. The second kappa shape index (κ2) is 4.37. The zero-order valence-electron chi connectivity index (χ0n) is 7.33. The number of nitrogens with one attached hydrogen (secondary N) is 1. The fraction of sp³-hybridized carbons (Fsp3) is 0.714. The van der Waals surface area contributed by atoms with Crippen molar-refractivity contribution in [2.24, 2.45) is 0 Å². The summed E-state index contributed by atoms with van der Waals surface area (Å²) in [4.78, 5) is 0. The number of rotatable bonds is 4. The third-order valence-corrected chi connectivity index (χ3v) is 2.00. The van der Waals surface area contributed by atoms with Crippen molar-refractivity contribution in [3.8, 4) is 0 Å². The zero-order valence-corrected chi connectivity index (χ0v) is 8.15. The lowest BCUT2D eigenvalue weighted by Crippen LogP contribution is -2.05. The predicted octanol–water partition coefficient (Wildman–Crippen LogP) is 1.15. The van der Waals surface area contributed by atoms with Crippen LogP contribution in [0.3, 0.4) is 0 Å². The van der Waals surface area contributed by atoms with E-state index in [1.54, 1.807) is 7.11 Å². The van der Waals surface area contributed by atoms with E-state index in [0.717, 1.165) is 18.8 Å². The van der Waals surface area contributed by atoms with Crippen molar-refractivity contribution >= 4 is 12.2 Å². The molecule has 0 aliphatic rings. The number of nitrogens with zero attached hydrogens (tertiary/aromatic N) is 2. The van der Waals surface area contributed by atoms with E-state index in [1.165, 1.54) is 0 Å². The van der Waals surface area contributed by atoms with Crippen LogP contribution >= 0.6 is 12.2 Å². The Morgan fingerprint density at radius 2 is 2.42 bits per heavy atom. The summed E-state index contributed by atoms with van der Waals surface area (Å²) in [7, 11) is 1.68. The van der Waals surface area contributed by atoms with Crippen LogP contribution in [0.4, 0.5) is 0 Å². The van der Waals surface area contributed by atoms with Gasteiger partial charge in [0, 0.05) is 20.1 Å². The molecule has 5 heteroatoms. The lowest BCUT2D eigenvalue weighted by Gasteiger charge is -2.01. The molecule has 12 heavy (non-hydrogen) atoms. The van der Waals surface area contributed by atoms with Crippen LogP contribution in [0.5, 0.6) is 0 Å². The van der Waals surface area contributed by atoms with Crippen molar-refractivity contribution < 1.29 is 4.74 Å². The minimum atomic E-state index is 0.680. The molecule has 0 atom stereocenters. The van der Waals surface area contributed by atoms with Gasteiger partial charge < -0.3 is 9.30 Å². The van der Waals surface area contributed by atoms with Gasteiger partial charge in [0.1, 0.15) is 5.82 Å². The Hall–Kier alpha value is -0.680. The van der Waals surface area contributed by atoms with Crippen LogP contribution in [-0.2, 0) is 17.7 Å². The Morgan fingerprint density at radius 1 is 1.67 bits per heavy atom. The minimum absolute atomic E-state index is 0.680. The van der Waals surface area contributed by atoms with Crippen LogP contribution in [0.1, 0.15) is 12.7 Å². The van der Waals surface area contributed by atoms with Crippen molar-refractivity contribution in [3.63, 3.8) is 0 Å². The number of methoxy groups -OCH3 is 1. The molecule has 0 fully saturated rings. The summed E-state index contributed by atoms with van der Waals surface area (Å²) in [5.41, 5.74) is 0. The number of H-pyrrole nitrogens is 1. The quantitative estimate of drug-likeness (QED) is 0.719. The SMILES string of the molecule is CCn1c(CCOC)n[nH]c1=S. The van der Waals surface area contributed by atoms with Crippen molar-refractivity contribution in [2.75, 3.05) is 13.7 Å². The maximum atomic E-state index is 5.03. The lowest BCUT2D eigenvalue weighted by atomic mass is 10.4. The van der Waals surface area contributed by atoms with Gasteiger partial charge in [-0.2, -0.15) is 5.10 Å². The molecule has 0 spiro atoms. The molecule has 1 aromatic heterocycles. The summed E-state index contributed by atoms with van der Waals surface area (Å²) in [5, 5.41) is 6.85. The summed E-state index contributed by atoms with van der Waals surface area (Å²) in [6.45, 7) is 3.58. The van der Waals surface area contributed by atoms with E-state index in [2.05, 4.69) is 10.2 Å². The van der Waals surface area contributed by atoms with Gasteiger partial charge in [-0.15, -0.1) is 0 Å². The number of hydrogen-bond acceptors (Lipinski definition) is 3. The number of aromatic amines is 1. The molecular weight excluding hydrogens is 174 g/mol. The largest absolute Gasteiger partial charge is 0.384 e. The highest BCUT2D eigenvalue weighted by Gasteiger charge is 2.02. The van der Waals surface area contributed by atoms with Gasteiger partial charge in [0.25, 0.3) is 0 Å². The number of ether oxygens (including phenoxy) is 1. The van der Waals surface area contributed by atoms with Crippen LogP contribution < -0.4 is 0 Å². The third kappa shape index (κ3) is 1.92. The van der Waals surface area contributed by atoms with Gasteiger partial charge in [0.05, 0.1) is 6.61 Å². The maximum Gasteiger partial charge on any atom is 0.195 e. The third-order valence-electron chi connectivity index (χ3n) is 1.68. The first-order valence-electron chi connectivity index (χ1n) is 3.92. The van der Waals surface area contributed by atoms with Gasteiger partial charge in [-0.25, -0.2) is 0 Å². The van der Waals surface area contributed by atoms with Gasteiger partial charge in [-0.3, -0.25) is 5.10 Å². The fourth-order valence-corrected chi connectivity index (χ4v) is 1.34. The highest BCUT2D eigenvalue weighted by Crippen LogP contribution is 1.98. The average Bonchev–Trinajstić information content (AvgIpc) is 2.43. The first-order valence-corrected chi connectivity index (χ1v) is 4.33. The molecule has 0 saturated carbocycles. The van der Waals surface area contributed by atoms with Gasteiger partial charge in [-0.05, 0) is 19.1 Å². The van der Waals surface area contributed by atoms with Crippen LogP contribution in [0.25, 0.3) is 0 Å². The highest BCUT2D eigenvalue weighted by atomic mass is 32.1. The van der Waals surface area contributed by atoms with E-state index in [-0.39, 0.29) is 0 Å². The van der Waals surface area contributed by atoms with Gasteiger partial charge in [0.15, 0.2) is 4.77 Å². The van der Waals surface area contributed by atoms with E-state index in [9.17, 15) is 0 Å². The maximum absolute atomic E-state index is 5.03. The predicted molar refractivity (Wildman–Crippen MR) is 48.7 cm³/mol. The molecular formula is C7H13N3OS. The van der Waals surface area contributed by atoms with Crippen LogP contribution in [0.2, 0.25) is 0 Å². The monoisotopic (exact) mass is 187 g/mol. The Balaban J connectivity index is 2.77. The summed E-state index contributed by atoms with van der Waals surface area (Å²) in [6, 6.07) is 0. The van der Waals surface area contributed by atoms with E-state index in [1.807, 2.05) is 11.5 Å². The molecule has 0 radical (unpaired) electrons. The van der Waals surface area contributed by atoms with Gasteiger partial charge in [-0.1, -0.05) is 0 Å². The Kier molecular flexibility index (Phi) is 3.43. The Labute approximate surface area is 76.6 Å². The first-order chi connectivity index (χ1) is 5.79. The summed E-state index contributed by atoms with van der Waals surface area (Å²) >= 11 is 5.03. The van der Waals surface area contributed by atoms with Crippen molar-refractivity contribution in [3.05, 3.63) is 10.6 Å². The molecule has 0 aliphatic carbocycles. The Bertz CT molecular complexity index is 291. The number of aromatic nitrogens is 3. The fourth-order valence-electron chi connectivity index (χ4n) is 1.06. The average molecular weight is 187 g/mol. The standard InChI is InChI=1S/C7H13N3OS/c1-3-10-6(4-5-11-2)8-9-7(10)12/h3-5H2,1-2H3,(H,9,12). The minimum Gasteiger partial charge on any atom is -0.384 e. The molecule has 4 nitrogen and oxygen atoms in total. The zero-order chi connectivity index (χ0) is 8.97. The molecule has 0 saturated heterocycles. The first kappa shape index (κ1) is 9.41. The van der Waals surface area contributed by atoms with Crippen molar-refractivity contribution in [2.45, 2.75) is 19.9 Å².